The summed E-state index contributed by atoms with van der Waals surface area (Å²) in [5.41, 5.74) is 12.8. The van der Waals surface area contributed by atoms with Crippen molar-refractivity contribution in [3.8, 4) is 11.6 Å². The summed E-state index contributed by atoms with van der Waals surface area (Å²) in [7, 11) is 1.70. The van der Waals surface area contributed by atoms with Gasteiger partial charge in [-0.2, -0.15) is 9.97 Å². The maximum absolute atomic E-state index is 5.78. The molecule has 0 radical (unpaired) electrons. The molecule has 6 heteroatoms. The van der Waals surface area contributed by atoms with E-state index in [0.29, 0.717) is 11.7 Å². The molecule has 0 unspecified atom stereocenters. The molecule has 2 rings (SSSR count). The van der Waals surface area contributed by atoms with Crippen LogP contribution in [0.2, 0.25) is 0 Å². The fraction of sp³-hybridized carbons (Fsp3) is 0.167. The van der Waals surface area contributed by atoms with Crippen molar-refractivity contribution in [1.82, 2.24) is 9.97 Å². The summed E-state index contributed by atoms with van der Waals surface area (Å²) in [6.45, 7) is 2.00. The molecule has 1 aromatic carbocycles. The molecule has 5 N–H and O–H groups in total. The van der Waals surface area contributed by atoms with Crippen LogP contribution in [0.3, 0.4) is 0 Å². The molecule has 0 aliphatic heterocycles. The number of benzene rings is 1. The molecule has 0 bridgehead atoms. The summed E-state index contributed by atoms with van der Waals surface area (Å²) < 4.78 is 5.59. The average molecular weight is 245 g/mol. The Hall–Kier alpha value is -2.50. The quantitative estimate of drug-likeness (QED) is 0.762. The number of ether oxygens (including phenoxy) is 1. The SMILES string of the molecule is CNc1nc(N)c(N)c(Oc2ccc(C)cc2)n1. The Morgan fingerprint density at radius 1 is 1.11 bits per heavy atom. The van der Waals surface area contributed by atoms with Gasteiger partial charge in [0.25, 0.3) is 0 Å². The molecular weight excluding hydrogens is 230 g/mol. The number of hydrogen-bond donors (Lipinski definition) is 3. The zero-order valence-corrected chi connectivity index (χ0v) is 10.3. The molecule has 0 aliphatic rings. The van der Waals surface area contributed by atoms with Crippen molar-refractivity contribution in [2.45, 2.75) is 6.92 Å². The molecule has 0 atom stereocenters. The highest BCUT2D eigenvalue weighted by molar-refractivity contribution is 5.66. The third-order valence-electron chi connectivity index (χ3n) is 2.40. The van der Waals surface area contributed by atoms with Crippen LogP contribution < -0.4 is 21.5 Å². The summed E-state index contributed by atoms with van der Waals surface area (Å²) in [5, 5.41) is 2.79. The number of nitrogens with zero attached hydrogens (tertiary/aromatic N) is 2. The van der Waals surface area contributed by atoms with Crippen LogP contribution in [0, 0.1) is 6.92 Å². The van der Waals surface area contributed by atoms with Crippen molar-refractivity contribution in [2.75, 3.05) is 23.8 Å². The summed E-state index contributed by atoms with van der Waals surface area (Å²) >= 11 is 0. The molecule has 94 valence electrons. The number of nitrogens with one attached hydrogen (secondary N) is 1. The Morgan fingerprint density at radius 2 is 1.78 bits per heavy atom. The third-order valence-corrected chi connectivity index (χ3v) is 2.40. The van der Waals surface area contributed by atoms with E-state index in [0.717, 1.165) is 5.56 Å². The monoisotopic (exact) mass is 245 g/mol. The molecule has 0 amide bonds. The number of nitrogens with two attached hydrogens (primary N) is 2. The fourth-order valence-electron chi connectivity index (χ4n) is 1.37. The lowest BCUT2D eigenvalue weighted by Gasteiger charge is -2.10. The van der Waals surface area contributed by atoms with Crippen molar-refractivity contribution in [3.05, 3.63) is 29.8 Å². The first kappa shape index (κ1) is 12.0. The Labute approximate surface area is 105 Å². The average Bonchev–Trinajstić information content (AvgIpc) is 2.37. The second kappa shape index (κ2) is 4.79. The highest BCUT2D eigenvalue weighted by Gasteiger charge is 2.11. The predicted molar refractivity (Wildman–Crippen MR) is 71.7 cm³/mol. The number of aromatic nitrogens is 2. The van der Waals surface area contributed by atoms with Gasteiger partial charge in [0.15, 0.2) is 5.82 Å². The molecule has 0 fully saturated rings. The van der Waals surface area contributed by atoms with Gasteiger partial charge in [-0.3, -0.25) is 0 Å². The van der Waals surface area contributed by atoms with Crippen LogP contribution in [0.25, 0.3) is 0 Å². The van der Waals surface area contributed by atoms with E-state index in [4.69, 9.17) is 16.2 Å². The first-order chi connectivity index (χ1) is 8.60. The number of rotatable bonds is 3. The lowest BCUT2D eigenvalue weighted by molar-refractivity contribution is 0.465. The summed E-state index contributed by atoms with van der Waals surface area (Å²) in [6, 6.07) is 7.56. The molecule has 1 heterocycles. The van der Waals surface area contributed by atoms with Crippen LogP contribution in [0.4, 0.5) is 17.5 Å². The van der Waals surface area contributed by atoms with Crippen molar-refractivity contribution in [1.29, 1.82) is 0 Å². The zero-order chi connectivity index (χ0) is 13.1. The standard InChI is InChI=1S/C12H15N5O/c1-7-3-5-8(6-4-7)18-11-9(13)10(14)16-12(15-2)17-11/h3-6H,13H2,1-2H3,(H3,14,15,16,17). The third kappa shape index (κ3) is 2.42. The van der Waals surface area contributed by atoms with Crippen LogP contribution in [0.15, 0.2) is 24.3 Å². The fourth-order valence-corrected chi connectivity index (χ4v) is 1.37. The first-order valence-corrected chi connectivity index (χ1v) is 5.45. The summed E-state index contributed by atoms with van der Waals surface area (Å²) in [5.74, 6) is 1.45. The Balaban J connectivity index is 2.33. The molecule has 18 heavy (non-hydrogen) atoms. The highest BCUT2D eigenvalue weighted by Crippen LogP contribution is 2.29. The van der Waals surface area contributed by atoms with Gasteiger partial charge < -0.3 is 21.5 Å². The minimum absolute atomic E-state index is 0.191. The minimum atomic E-state index is 0.191. The van der Waals surface area contributed by atoms with Gasteiger partial charge in [-0.05, 0) is 19.1 Å². The van der Waals surface area contributed by atoms with Crippen molar-refractivity contribution < 1.29 is 4.74 Å². The smallest absolute Gasteiger partial charge is 0.249 e. The molecule has 0 aliphatic carbocycles. The predicted octanol–water partition coefficient (Wildman–Crippen LogP) is 1.78. The molecule has 0 saturated heterocycles. The largest absolute Gasteiger partial charge is 0.437 e. The highest BCUT2D eigenvalue weighted by atomic mass is 16.5. The summed E-state index contributed by atoms with van der Waals surface area (Å²) in [6.07, 6.45) is 0. The Morgan fingerprint density at radius 3 is 2.39 bits per heavy atom. The van der Waals surface area contributed by atoms with E-state index < -0.39 is 0 Å². The second-order valence-electron chi connectivity index (χ2n) is 3.82. The van der Waals surface area contributed by atoms with Crippen LogP contribution in [0.5, 0.6) is 11.6 Å². The number of aryl methyl sites for hydroxylation is 1. The zero-order valence-electron chi connectivity index (χ0n) is 10.3. The van der Waals surface area contributed by atoms with Gasteiger partial charge in [-0.25, -0.2) is 0 Å². The number of hydrogen-bond acceptors (Lipinski definition) is 6. The lowest BCUT2D eigenvalue weighted by atomic mass is 10.2. The first-order valence-electron chi connectivity index (χ1n) is 5.45. The van der Waals surface area contributed by atoms with Gasteiger partial charge in [-0.1, -0.05) is 17.7 Å². The van der Waals surface area contributed by atoms with Gasteiger partial charge in [0.2, 0.25) is 11.8 Å². The van der Waals surface area contributed by atoms with E-state index >= 15 is 0 Å². The summed E-state index contributed by atoms with van der Waals surface area (Å²) in [4.78, 5) is 8.08. The van der Waals surface area contributed by atoms with Crippen LogP contribution in [-0.4, -0.2) is 17.0 Å². The maximum Gasteiger partial charge on any atom is 0.249 e. The van der Waals surface area contributed by atoms with Gasteiger partial charge in [-0.15, -0.1) is 0 Å². The van der Waals surface area contributed by atoms with Gasteiger partial charge in [0, 0.05) is 7.05 Å². The Bertz CT molecular complexity index is 553. The lowest BCUT2D eigenvalue weighted by Crippen LogP contribution is -2.06. The van der Waals surface area contributed by atoms with E-state index in [2.05, 4.69) is 15.3 Å². The van der Waals surface area contributed by atoms with Crippen LogP contribution >= 0.6 is 0 Å². The van der Waals surface area contributed by atoms with Gasteiger partial charge in [0.1, 0.15) is 11.4 Å². The number of nitrogen functional groups attached to an aromatic ring is 2. The molecule has 1 aromatic heterocycles. The van der Waals surface area contributed by atoms with E-state index in [9.17, 15) is 0 Å². The molecule has 2 aromatic rings. The van der Waals surface area contributed by atoms with Crippen molar-refractivity contribution in [3.63, 3.8) is 0 Å². The van der Waals surface area contributed by atoms with E-state index in [-0.39, 0.29) is 17.4 Å². The maximum atomic E-state index is 5.78. The molecule has 0 saturated carbocycles. The minimum Gasteiger partial charge on any atom is -0.437 e. The van der Waals surface area contributed by atoms with Crippen LogP contribution in [-0.2, 0) is 0 Å². The van der Waals surface area contributed by atoms with Crippen molar-refractivity contribution >= 4 is 17.5 Å². The van der Waals surface area contributed by atoms with Crippen LogP contribution in [0.1, 0.15) is 5.56 Å². The van der Waals surface area contributed by atoms with E-state index in [1.165, 1.54) is 0 Å². The molecule has 6 nitrogen and oxygen atoms in total. The number of anilines is 3. The van der Waals surface area contributed by atoms with E-state index in [1.54, 1.807) is 7.05 Å². The molecular formula is C12H15N5O. The van der Waals surface area contributed by atoms with E-state index in [1.807, 2.05) is 31.2 Å². The molecule has 0 spiro atoms. The second-order valence-corrected chi connectivity index (χ2v) is 3.82. The topological polar surface area (TPSA) is 99.1 Å². The van der Waals surface area contributed by atoms with Crippen molar-refractivity contribution in [2.24, 2.45) is 0 Å². The normalized spacial score (nSPS) is 10.1. The van der Waals surface area contributed by atoms with Gasteiger partial charge in [0.05, 0.1) is 0 Å². The van der Waals surface area contributed by atoms with Gasteiger partial charge >= 0.3 is 0 Å². The Kier molecular flexibility index (Phi) is 3.18.